The van der Waals surface area contributed by atoms with Gasteiger partial charge in [0.15, 0.2) is 12.7 Å². The molecule has 0 aliphatic rings. The van der Waals surface area contributed by atoms with E-state index in [1.165, 1.54) is 6.92 Å². The van der Waals surface area contributed by atoms with Crippen LogP contribution in [0.2, 0.25) is 0 Å². The lowest BCUT2D eigenvalue weighted by molar-refractivity contribution is -0.155. The molecule has 0 unspecified atom stereocenters. The van der Waals surface area contributed by atoms with E-state index < -0.39 is 12.1 Å². The van der Waals surface area contributed by atoms with Crippen LogP contribution in [-0.2, 0) is 14.3 Å². The highest BCUT2D eigenvalue weighted by Gasteiger charge is 2.18. The zero-order valence-electron chi connectivity index (χ0n) is 15.0. The Bertz CT molecular complexity index is 770. The molecule has 0 saturated carbocycles. The van der Waals surface area contributed by atoms with Crippen LogP contribution in [-0.4, -0.2) is 24.6 Å². The third-order valence-electron chi connectivity index (χ3n) is 3.80. The second-order valence-corrected chi connectivity index (χ2v) is 6.03. The Morgan fingerprint density at radius 3 is 2.48 bits per heavy atom. The van der Waals surface area contributed by atoms with Crippen LogP contribution < -0.4 is 10.1 Å². The van der Waals surface area contributed by atoms with Gasteiger partial charge in [-0.1, -0.05) is 18.2 Å². The minimum Gasteiger partial charge on any atom is -0.482 e. The van der Waals surface area contributed by atoms with Crippen molar-refractivity contribution in [3.63, 3.8) is 0 Å². The standard InChI is InChI=1S/C20H23NO4/c1-13-6-5-7-17(10-13)21-20(23)16(4)25-19(22)12-24-18-9-8-14(2)15(3)11-18/h5-11,16H,12H2,1-4H3,(H,21,23)/t16-/m1/s1. The first-order chi connectivity index (χ1) is 11.8. The number of nitrogens with one attached hydrogen (secondary N) is 1. The number of anilines is 1. The van der Waals surface area contributed by atoms with Gasteiger partial charge in [-0.15, -0.1) is 0 Å². The topological polar surface area (TPSA) is 64.6 Å². The molecule has 2 aromatic rings. The van der Waals surface area contributed by atoms with Gasteiger partial charge >= 0.3 is 5.97 Å². The van der Waals surface area contributed by atoms with Crippen LogP contribution >= 0.6 is 0 Å². The number of aryl methyl sites for hydroxylation is 3. The van der Waals surface area contributed by atoms with Crippen molar-refractivity contribution in [1.29, 1.82) is 0 Å². The minimum absolute atomic E-state index is 0.245. The number of hydrogen-bond donors (Lipinski definition) is 1. The Morgan fingerprint density at radius 2 is 1.80 bits per heavy atom. The van der Waals surface area contributed by atoms with E-state index in [2.05, 4.69) is 5.32 Å². The molecular formula is C20H23NO4. The zero-order valence-corrected chi connectivity index (χ0v) is 15.0. The first-order valence-electron chi connectivity index (χ1n) is 8.12. The minimum atomic E-state index is -0.906. The van der Waals surface area contributed by atoms with E-state index in [1.54, 1.807) is 12.1 Å². The predicted octanol–water partition coefficient (Wildman–Crippen LogP) is 3.56. The monoisotopic (exact) mass is 341 g/mol. The van der Waals surface area contributed by atoms with Crippen LogP contribution in [0.1, 0.15) is 23.6 Å². The Balaban J connectivity index is 1.82. The van der Waals surface area contributed by atoms with Crippen LogP contribution in [0.3, 0.4) is 0 Å². The maximum atomic E-state index is 12.1. The van der Waals surface area contributed by atoms with Gasteiger partial charge in [-0.2, -0.15) is 0 Å². The molecule has 0 heterocycles. The van der Waals surface area contributed by atoms with Gasteiger partial charge in [-0.05, 0) is 68.7 Å². The van der Waals surface area contributed by atoms with E-state index >= 15 is 0 Å². The lowest BCUT2D eigenvalue weighted by Gasteiger charge is -2.14. The Morgan fingerprint density at radius 1 is 1.04 bits per heavy atom. The van der Waals surface area contributed by atoms with Crippen molar-refractivity contribution in [2.45, 2.75) is 33.8 Å². The summed E-state index contributed by atoms with van der Waals surface area (Å²) in [6.07, 6.45) is -0.906. The summed E-state index contributed by atoms with van der Waals surface area (Å²) in [5.41, 5.74) is 3.93. The molecule has 132 valence electrons. The number of ether oxygens (including phenoxy) is 2. The van der Waals surface area contributed by atoms with Crippen molar-refractivity contribution in [2.75, 3.05) is 11.9 Å². The largest absolute Gasteiger partial charge is 0.482 e. The molecule has 0 bridgehead atoms. The van der Waals surface area contributed by atoms with Crippen molar-refractivity contribution in [2.24, 2.45) is 0 Å². The van der Waals surface area contributed by atoms with Gasteiger partial charge in [0, 0.05) is 5.69 Å². The zero-order chi connectivity index (χ0) is 18.4. The van der Waals surface area contributed by atoms with Crippen molar-refractivity contribution in [3.05, 3.63) is 59.2 Å². The van der Waals surface area contributed by atoms with E-state index in [9.17, 15) is 9.59 Å². The first-order valence-corrected chi connectivity index (χ1v) is 8.12. The van der Waals surface area contributed by atoms with E-state index in [0.717, 1.165) is 16.7 Å². The van der Waals surface area contributed by atoms with E-state index in [4.69, 9.17) is 9.47 Å². The van der Waals surface area contributed by atoms with Crippen LogP contribution in [0.25, 0.3) is 0 Å². The molecule has 25 heavy (non-hydrogen) atoms. The summed E-state index contributed by atoms with van der Waals surface area (Å²) in [5, 5.41) is 2.72. The number of esters is 1. The molecule has 0 fully saturated rings. The quantitative estimate of drug-likeness (QED) is 0.816. The molecule has 0 aliphatic heterocycles. The number of hydrogen-bond acceptors (Lipinski definition) is 4. The molecule has 0 aromatic heterocycles. The summed E-state index contributed by atoms with van der Waals surface area (Å²) in [6, 6.07) is 13.0. The number of benzene rings is 2. The molecule has 0 radical (unpaired) electrons. The number of carbonyl (C=O) groups excluding carboxylic acids is 2. The molecular weight excluding hydrogens is 318 g/mol. The third-order valence-corrected chi connectivity index (χ3v) is 3.80. The normalized spacial score (nSPS) is 11.5. The molecule has 0 aliphatic carbocycles. The maximum Gasteiger partial charge on any atom is 0.344 e. The summed E-state index contributed by atoms with van der Waals surface area (Å²) < 4.78 is 10.5. The van der Waals surface area contributed by atoms with Gasteiger partial charge in [-0.3, -0.25) is 4.79 Å². The second-order valence-electron chi connectivity index (χ2n) is 6.03. The number of rotatable bonds is 6. The molecule has 1 amide bonds. The molecule has 0 saturated heterocycles. The molecule has 5 nitrogen and oxygen atoms in total. The van der Waals surface area contributed by atoms with Gasteiger partial charge in [0.25, 0.3) is 5.91 Å². The Kier molecular flexibility index (Phi) is 6.17. The molecule has 1 N–H and O–H groups in total. The van der Waals surface area contributed by atoms with Crippen LogP contribution in [0.4, 0.5) is 5.69 Å². The second kappa shape index (κ2) is 8.33. The fourth-order valence-corrected chi connectivity index (χ4v) is 2.20. The van der Waals surface area contributed by atoms with E-state index in [0.29, 0.717) is 11.4 Å². The van der Waals surface area contributed by atoms with Crippen LogP contribution in [0.5, 0.6) is 5.75 Å². The van der Waals surface area contributed by atoms with Gasteiger partial charge < -0.3 is 14.8 Å². The molecule has 2 rings (SSSR count). The van der Waals surface area contributed by atoms with E-state index in [1.807, 2.05) is 51.1 Å². The van der Waals surface area contributed by atoms with Gasteiger partial charge in [0.1, 0.15) is 5.75 Å². The summed E-state index contributed by atoms with van der Waals surface area (Å²) in [7, 11) is 0. The average Bonchev–Trinajstić information content (AvgIpc) is 2.56. The summed E-state index contributed by atoms with van der Waals surface area (Å²) in [4.78, 5) is 23.9. The fourth-order valence-electron chi connectivity index (χ4n) is 2.20. The van der Waals surface area contributed by atoms with Gasteiger partial charge in [-0.25, -0.2) is 4.79 Å². The highest BCUT2D eigenvalue weighted by molar-refractivity contribution is 5.95. The Labute approximate surface area is 148 Å². The maximum absolute atomic E-state index is 12.1. The molecule has 2 aromatic carbocycles. The number of carbonyl (C=O) groups is 2. The van der Waals surface area contributed by atoms with Gasteiger partial charge in [0.2, 0.25) is 0 Å². The molecule has 1 atom stereocenters. The average molecular weight is 341 g/mol. The smallest absolute Gasteiger partial charge is 0.344 e. The van der Waals surface area contributed by atoms with Crippen molar-refractivity contribution in [1.82, 2.24) is 0 Å². The predicted molar refractivity (Wildman–Crippen MR) is 96.8 cm³/mol. The molecule has 0 spiro atoms. The highest BCUT2D eigenvalue weighted by Crippen LogP contribution is 2.16. The SMILES string of the molecule is Cc1cccc(NC(=O)[C@@H](C)OC(=O)COc2ccc(C)c(C)c2)c1. The lowest BCUT2D eigenvalue weighted by Crippen LogP contribution is -2.31. The van der Waals surface area contributed by atoms with Crippen molar-refractivity contribution in [3.8, 4) is 5.75 Å². The van der Waals surface area contributed by atoms with Crippen molar-refractivity contribution < 1.29 is 19.1 Å². The third kappa shape index (κ3) is 5.64. The lowest BCUT2D eigenvalue weighted by atomic mass is 10.1. The van der Waals surface area contributed by atoms with Crippen molar-refractivity contribution >= 4 is 17.6 Å². The summed E-state index contributed by atoms with van der Waals surface area (Å²) >= 11 is 0. The van der Waals surface area contributed by atoms with Crippen LogP contribution in [0, 0.1) is 20.8 Å². The fraction of sp³-hybridized carbons (Fsp3) is 0.300. The van der Waals surface area contributed by atoms with Crippen LogP contribution in [0.15, 0.2) is 42.5 Å². The van der Waals surface area contributed by atoms with E-state index in [-0.39, 0.29) is 12.5 Å². The summed E-state index contributed by atoms with van der Waals surface area (Å²) in [5.74, 6) is -0.382. The number of amides is 1. The first kappa shape index (κ1) is 18.5. The van der Waals surface area contributed by atoms with Gasteiger partial charge in [0.05, 0.1) is 0 Å². The molecule has 5 heteroatoms. The highest BCUT2D eigenvalue weighted by atomic mass is 16.6. The summed E-state index contributed by atoms with van der Waals surface area (Å²) in [6.45, 7) is 7.19. The Hall–Kier alpha value is -2.82.